The van der Waals surface area contributed by atoms with Crippen molar-refractivity contribution in [1.29, 1.82) is 0 Å². The molecule has 0 saturated carbocycles. The molecule has 0 saturated heterocycles. The van der Waals surface area contributed by atoms with Gasteiger partial charge in [-0.05, 0) is 53.4 Å². The van der Waals surface area contributed by atoms with Gasteiger partial charge >= 0.3 is 0 Å². The molecule has 92 valence electrons. The van der Waals surface area contributed by atoms with Gasteiger partial charge < -0.3 is 5.73 Å². The van der Waals surface area contributed by atoms with E-state index in [9.17, 15) is 0 Å². The minimum absolute atomic E-state index is 0.180. The average molecular weight is 221 g/mol. The predicted octanol–water partition coefficient (Wildman–Crippen LogP) is 4.36. The van der Waals surface area contributed by atoms with Gasteiger partial charge in [0.25, 0.3) is 0 Å². The Morgan fingerprint density at radius 1 is 1.12 bits per heavy atom. The van der Waals surface area contributed by atoms with Crippen molar-refractivity contribution in [3.8, 4) is 0 Å². The van der Waals surface area contributed by atoms with Crippen molar-refractivity contribution in [1.82, 2.24) is 0 Å². The fourth-order valence-corrected chi connectivity index (χ4v) is 1.66. The van der Waals surface area contributed by atoms with Gasteiger partial charge in [0, 0.05) is 6.04 Å². The SMILES string of the molecule is CC=CCCC(C)=CCCC(C)=CC(C)N. The molecule has 16 heavy (non-hydrogen) atoms. The number of hydrogen-bond donors (Lipinski definition) is 1. The molecule has 0 aromatic heterocycles. The van der Waals surface area contributed by atoms with Crippen molar-refractivity contribution in [2.24, 2.45) is 5.73 Å². The Hall–Kier alpha value is -0.820. The number of allylic oxidation sites excluding steroid dienone is 5. The van der Waals surface area contributed by atoms with E-state index >= 15 is 0 Å². The zero-order valence-electron chi connectivity index (χ0n) is 11.3. The summed E-state index contributed by atoms with van der Waals surface area (Å²) in [6.07, 6.45) is 13.4. The third-order valence-electron chi connectivity index (χ3n) is 2.52. The highest BCUT2D eigenvalue weighted by molar-refractivity contribution is 5.06. The first-order valence-electron chi connectivity index (χ1n) is 6.26. The Morgan fingerprint density at radius 2 is 1.75 bits per heavy atom. The van der Waals surface area contributed by atoms with Gasteiger partial charge in [0.15, 0.2) is 0 Å². The van der Waals surface area contributed by atoms with Crippen LogP contribution in [-0.4, -0.2) is 6.04 Å². The van der Waals surface area contributed by atoms with Crippen LogP contribution in [0.1, 0.15) is 53.4 Å². The van der Waals surface area contributed by atoms with E-state index in [1.165, 1.54) is 17.6 Å². The van der Waals surface area contributed by atoms with Crippen molar-refractivity contribution in [2.45, 2.75) is 59.4 Å². The number of nitrogens with two attached hydrogens (primary N) is 1. The fraction of sp³-hybridized carbons (Fsp3) is 0.600. The molecular formula is C15H27N. The van der Waals surface area contributed by atoms with E-state index in [2.05, 4.69) is 45.1 Å². The standard InChI is InChI=1S/C15H27N/c1-5-6-7-9-13(2)10-8-11-14(3)12-15(4)16/h5-6,10,12,15H,7-9,11,16H2,1-4H3. The summed E-state index contributed by atoms with van der Waals surface area (Å²) in [5.74, 6) is 0. The Kier molecular flexibility index (Phi) is 8.93. The summed E-state index contributed by atoms with van der Waals surface area (Å²) in [6.45, 7) is 8.46. The molecule has 0 heterocycles. The van der Waals surface area contributed by atoms with E-state index in [1.54, 1.807) is 0 Å². The first-order chi connectivity index (χ1) is 7.56. The molecule has 1 atom stereocenters. The Morgan fingerprint density at radius 3 is 2.31 bits per heavy atom. The van der Waals surface area contributed by atoms with Crippen molar-refractivity contribution >= 4 is 0 Å². The summed E-state index contributed by atoms with van der Waals surface area (Å²) in [4.78, 5) is 0. The molecule has 2 N–H and O–H groups in total. The molecule has 0 radical (unpaired) electrons. The predicted molar refractivity (Wildman–Crippen MR) is 74.4 cm³/mol. The third-order valence-corrected chi connectivity index (χ3v) is 2.52. The van der Waals surface area contributed by atoms with Gasteiger partial charge in [-0.3, -0.25) is 0 Å². The van der Waals surface area contributed by atoms with Crippen molar-refractivity contribution in [2.75, 3.05) is 0 Å². The first-order valence-corrected chi connectivity index (χ1v) is 6.26. The molecule has 0 spiro atoms. The van der Waals surface area contributed by atoms with E-state index in [0.29, 0.717) is 0 Å². The maximum Gasteiger partial charge on any atom is 0.0197 e. The smallest absolute Gasteiger partial charge is 0.0197 e. The second-order valence-corrected chi connectivity index (χ2v) is 4.57. The van der Waals surface area contributed by atoms with Crippen LogP contribution in [0.2, 0.25) is 0 Å². The number of hydrogen-bond acceptors (Lipinski definition) is 1. The molecule has 0 rings (SSSR count). The average Bonchev–Trinajstić information content (AvgIpc) is 2.17. The highest BCUT2D eigenvalue weighted by Crippen LogP contribution is 2.10. The van der Waals surface area contributed by atoms with Gasteiger partial charge in [0.05, 0.1) is 0 Å². The van der Waals surface area contributed by atoms with Crippen LogP contribution in [0.5, 0.6) is 0 Å². The summed E-state index contributed by atoms with van der Waals surface area (Å²) >= 11 is 0. The second kappa shape index (κ2) is 9.41. The molecular weight excluding hydrogens is 194 g/mol. The summed E-state index contributed by atoms with van der Waals surface area (Å²) in [5, 5.41) is 0. The topological polar surface area (TPSA) is 26.0 Å². The van der Waals surface area contributed by atoms with E-state index in [1.807, 2.05) is 6.92 Å². The molecule has 1 unspecified atom stereocenters. The minimum Gasteiger partial charge on any atom is -0.325 e. The third kappa shape index (κ3) is 9.72. The van der Waals surface area contributed by atoms with Crippen molar-refractivity contribution < 1.29 is 0 Å². The molecule has 0 fully saturated rings. The van der Waals surface area contributed by atoms with Crippen LogP contribution in [0, 0.1) is 0 Å². The molecule has 0 aliphatic rings. The molecule has 0 aromatic carbocycles. The lowest BCUT2D eigenvalue weighted by molar-refractivity contribution is 0.874. The van der Waals surface area contributed by atoms with Gasteiger partial charge in [-0.25, -0.2) is 0 Å². The van der Waals surface area contributed by atoms with Crippen LogP contribution < -0.4 is 5.73 Å². The fourth-order valence-electron chi connectivity index (χ4n) is 1.66. The van der Waals surface area contributed by atoms with E-state index in [-0.39, 0.29) is 6.04 Å². The lowest BCUT2D eigenvalue weighted by Crippen LogP contribution is -2.11. The Balaban J connectivity index is 3.81. The lowest BCUT2D eigenvalue weighted by atomic mass is 10.1. The molecule has 1 nitrogen and oxygen atoms in total. The van der Waals surface area contributed by atoms with Gasteiger partial charge in [0.1, 0.15) is 0 Å². The Labute approximate surface area is 101 Å². The van der Waals surface area contributed by atoms with Gasteiger partial charge in [-0.15, -0.1) is 0 Å². The van der Waals surface area contributed by atoms with E-state index in [0.717, 1.165) is 19.3 Å². The van der Waals surface area contributed by atoms with Crippen LogP contribution in [0.15, 0.2) is 35.5 Å². The molecule has 0 aromatic rings. The van der Waals surface area contributed by atoms with Crippen LogP contribution in [0.25, 0.3) is 0 Å². The molecule has 1 heteroatoms. The number of rotatable bonds is 7. The summed E-state index contributed by atoms with van der Waals surface area (Å²) in [6, 6.07) is 0.180. The molecule has 0 amide bonds. The zero-order chi connectivity index (χ0) is 12.4. The van der Waals surface area contributed by atoms with Crippen molar-refractivity contribution in [3.05, 3.63) is 35.5 Å². The normalized spacial score (nSPS) is 15.8. The quantitative estimate of drug-likeness (QED) is 0.635. The molecule has 0 aliphatic heterocycles. The van der Waals surface area contributed by atoms with Gasteiger partial charge in [-0.1, -0.05) is 35.5 Å². The maximum absolute atomic E-state index is 5.71. The highest BCUT2D eigenvalue weighted by Gasteiger charge is 1.93. The first kappa shape index (κ1) is 15.2. The maximum atomic E-state index is 5.71. The van der Waals surface area contributed by atoms with E-state index in [4.69, 9.17) is 5.73 Å². The van der Waals surface area contributed by atoms with E-state index < -0.39 is 0 Å². The summed E-state index contributed by atoms with van der Waals surface area (Å²) in [7, 11) is 0. The minimum atomic E-state index is 0.180. The largest absolute Gasteiger partial charge is 0.325 e. The second-order valence-electron chi connectivity index (χ2n) is 4.57. The molecule has 0 bridgehead atoms. The zero-order valence-corrected chi connectivity index (χ0v) is 11.3. The van der Waals surface area contributed by atoms with Gasteiger partial charge in [-0.2, -0.15) is 0 Å². The lowest BCUT2D eigenvalue weighted by Gasteiger charge is -2.02. The highest BCUT2D eigenvalue weighted by atomic mass is 14.6. The van der Waals surface area contributed by atoms with Crippen molar-refractivity contribution in [3.63, 3.8) is 0 Å². The molecule has 0 aliphatic carbocycles. The van der Waals surface area contributed by atoms with Crippen LogP contribution in [-0.2, 0) is 0 Å². The monoisotopic (exact) mass is 221 g/mol. The van der Waals surface area contributed by atoms with Crippen LogP contribution in [0.3, 0.4) is 0 Å². The van der Waals surface area contributed by atoms with Crippen LogP contribution in [0.4, 0.5) is 0 Å². The summed E-state index contributed by atoms with van der Waals surface area (Å²) in [5.41, 5.74) is 8.59. The van der Waals surface area contributed by atoms with Crippen LogP contribution >= 0.6 is 0 Å². The summed E-state index contributed by atoms with van der Waals surface area (Å²) < 4.78 is 0. The van der Waals surface area contributed by atoms with Gasteiger partial charge in [0.2, 0.25) is 0 Å². The Bertz CT molecular complexity index is 257.